The number of thiophene rings is 1. The molecule has 0 saturated carbocycles. The van der Waals surface area contributed by atoms with Crippen LogP contribution < -0.4 is 5.32 Å². The number of carbonyl (C=O) groups is 1. The van der Waals surface area contributed by atoms with E-state index in [1.165, 1.54) is 10.4 Å². The number of nitrogens with one attached hydrogen (secondary N) is 1. The second-order valence-electron chi connectivity index (χ2n) is 5.67. The normalized spacial score (nSPS) is 12.0. The van der Waals surface area contributed by atoms with Crippen LogP contribution in [-0.2, 0) is 6.42 Å². The van der Waals surface area contributed by atoms with Crippen LogP contribution in [0.2, 0.25) is 0 Å². The highest BCUT2D eigenvalue weighted by Gasteiger charge is 2.16. The van der Waals surface area contributed by atoms with Gasteiger partial charge in [0, 0.05) is 29.4 Å². The number of benzene rings is 1. The van der Waals surface area contributed by atoms with Crippen LogP contribution in [0.4, 0.5) is 0 Å². The molecule has 1 aromatic carbocycles. The molecule has 0 radical (unpaired) electrons. The van der Waals surface area contributed by atoms with Crippen LogP contribution in [0.1, 0.15) is 40.2 Å². The van der Waals surface area contributed by atoms with Gasteiger partial charge in [-0.2, -0.15) is 5.10 Å². The van der Waals surface area contributed by atoms with E-state index in [9.17, 15) is 4.79 Å². The third kappa shape index (κ3) is 3.92. The summed E-state index contributed by atoms with van der Waals surface area (Å²) in [6.45, 7) is 2.67. The van der Waals surface area contributed by atoms with E-state index in [4.69, 9.17) is 0 Å². The van der Waals surface area contributed by atoms with Gasteiger partial charge in [0.25, 0.3) is 5.91 Å². The molecule has 3 rings (SSSR count). The molecular formula is C19H21N3OS. The number of hydrogen-bond donors (Lipinski definition) is 1. The Morgan fingerprint density at radius 3 is 2.71 bits per heavy atom. The highest BCUT2D eigenvalue weighted by molar-refractivity contribution is 7.10. The van der Waals surface area contributed by atoms with Crippen molar-refractivity contribution in [1.29, 1.82) is 0 Å². The van der Waals surface area contributed by atoms with Gasteiger partial charge in [0.1, 0.15) is 6.04 Å². The fourth-order valence-electron chi connectivity index (χ4n) is 2.67. The molecule has 4 nitrogen and oxygen atoms in total. The minimum Gasteiger partial charge on any atom is -0.350 e. The number of nitrogens with zero attached hydrogens (tertiary/aromatic N) is 2. The average Bonchev–Trinajstić information content (AvgIpc) is 3.30. The molecule has 0 aliphatic heterocycles. The van der Waals surface area contributed by atoms with Crippen molar-refractivity contribution in [3.8, 4) is 0 Å². The minimum atomic E-state index is -0.0493. The molecule has 1 amide bonds. The number of aryl methyl sites for hydroxylation is 1. The molecule has 0 aliphatic rings. The van der Waals surface area contributed by atoms with Gasteiger partial charge < -0.3 is 5.32 Å². The summed E-state index contributed by atoms with van der Waals surface area (Å²) in [6.07, 6.45) is 5.84. The molecule has 1 atom stereocenters. The fourth-order valence-corrected chi connectivity index (χ4v) is 3.49. The van der Waals surface area contributed by atoms with Gasteiger partial charge in [-0.25, -0.2) is 0 Å². The summed E-state index contributed by atoms with van der Waals surface area (Å²) < 4.78 is 1.89. The summed E-state index contributed by atoms with van der Waals surface area (Å²) in [6, 6.07) is 13.9. The van der Waals surface area contributed by atoms with Crippen molar-refractivity contribution >= 4 is 17.2 Å². The Balaban J connectivity index is 1.67. The van der Waals surface area contributed by atoms with Gasteiger partial charge in [0.2, 0.25) is 0 Å². The third-order valence-corrected chi connectivity index (χ3v) is 4.90. The quantitative estimate of drug-likeness (QED) is 0.709. The third-order valence-electron chi connectivity index (χ3n) is 3.93. The zero-order valence-corrected chi connectivity index (χ0v) is 14.5. The van der Waals surface area contributed by atoms with E-state index in [-0.39, 0.29) is 11.9 Å². The Hall–Kier alpha value is -2.40. The molecule has 3 aromatic rings. The predicted octanol–water partition coefficient (Wildman–Crippen LogP) is 3.92. The Morgan fingerprint density at radius 2 is 2.08 bits per heavy atom. The average molecular weight is 339 g/mol. The molecule has 1 N–H and O–H groups in total. The second-order valence-corrected chi connectivity index (χ2v) is 6.65. The van der Waals surface area contributed by atoms with Gasteiger partial charge in [-0.1, -0.05) is 31.5 Å². The monoisotopic (exact) mass is 339 g/mol. The van der Waals surface area contributed by atoms with Crippen molar-refractivity contribution in [2.24, 2.45) is 0 Å². The van der Waals surface area contributed by atoms with Crippen LogP contribution in [0, 0.1) is 0 Å². The number of aromatic nitrogens is 2. The summed E-state index contributed by atoms with van der Waals surface area (Å²) in [7, 11) is 0. The van der Waals surface area contributed by atoms with Gasteiger partial charge in [0.15, 0.2) is 0 Å². The minimum absolute atomic E-state index is 0.0170. The molecule has 0 bridgehead atoms. The molecule has 0 aliphatic carbocycles. The highest BCUT2D eigenvalue weighted by Crippen LogP contribution is 2.22. The number of carbonyl (C=O) groups excluding carboxylic acids is 1. The first-order valence-electron chi connectivity index (χ1n) is 8.17. The van der Waals surface area contributed by atoms with Crippen LogP contribution >= 0.6 is 11.3 Å². The van der Waals surface area contributed by atoms with Gasteiger partial charge in [-0.05, 0) is 41.6 Å². The summed E-state index contributed by atoms with van der Waals surface area (Å²) in [4.78, 5) is 13.6. The lowest BCUT2D eigenvalue weighted by Gasteiger charge is -2.17. The van der Waals surface area contributed by atoms with Crippen molar-refractivity contribution in [2.45, 2.75) is 25.8 Å². The molecule has 0 saturated heterocycles. The van der Waals surface area contributed by atoms with E-state index in [1.807, 2.05) is 52.7 Å². The van der Waals surface area contributed by atoms with Crippen molar-refractivity contribution in [2.75, 3.05) is 6.54 Å². The largest absolute Gasteiger partial charge is 0.350 e. The van der Waals surface area contributed by atoms with Crippen LogP contribution in [0.25, 0.3) is 0 Å². The molecule has 0 fully saturated rings. The molecule has 124 valence electrons. The van der Waals surface area contributed by atoms with Crippen molar-refractivity contribution in [3.63, 3.8) is 0 Å². The first-order chi connectivity index (χ1) is 11.8. The number of hydrogen-bond acceptors (Lipinski definition) is 3. The SMILES string of the molecule is CCCc1ccc(C(=O)NCC(c2cccs2)n2cccn2)cc1. The number of amides is 1. The van der Waals surface area contributed by atoms with Crippen LogP contribution in [0.15, 0.2) is 60.2 Å². The Labute approximate surface area is 146 Å². The Morgan fingerprint density at radius 1 is 1.25 bits per heavy atom. The van der Waals surface area contributed by atoms with Crippen LogP contribution in [-0.4, -0.2) is 22.2 Å². The lowest BCUT2D eigenvalue weighted by molar-refractivity contribution is 0.0949. The van der Waals surface area contributed by atoms with Crippen LogP contribution in [0.3, 0.4) is 0 Å². The van der Waals surface area contributed by atoms with E-state index in [0.717, 1.165) is 12.8 Å². The fraction of sp³-hybridized carbons (Fsp3) is 0.263. The molecule has 1 unspecified atom stereocenters. The molecule has 5 heteroatoms. The molecule has 24 heavy (non-hydrogen) atoms. The van der Waals surface area contributed by atoms with E-state index in [1.54, 1.807) is 17.5 Å². The van der Waals surface area contributed by atoms with Crippen molar-refractivity contribution < 1.29 is 4.79 Å². The van der Waals surface area contributed by atoms with Gasteiger partial charge in [-0.3, -0.25) is 9.48 Å². The van der Waals surface area contributed by atoms with E-state index in [2.05, 4.69) is 23.4 Å². The topological polar surface area (TPSA) is 46.9 Å². The Kier molecular flexibility index (Phi) is 5.43. The summed E-state index contributed by atoms with van der Waals surface area (Å²) in [5.74, 6) is -0.0493. The van der Waals surface area contributed by atoms with Gasteiger partial charge in [0.05, 0.1) is 0 Å². The van der Waals surface area contributed by atoms with Crippen LogP contribution in [0.5, 0.6) is 0 Å². The van der Waals surface area contributed by atoms with E-state index in [0.29, 0.717) is 12.1 Å². The highest BCUT2D eigenvalue weighted by atomic mass is 32.1. The summed E-state index contributed by atoms with van der Waals surface area (Å²) in [5.41, 5.74) is 1.96. The first kappa shape index (κ1) is 16.5. The van der Waals surface area contributed by atoms with Crippen molar-refractivity contribution in [1.82, 2.24) is 15.1 Å². The maximum Gasteiger partial charge on any atom is 0.251 e. The lowest BCUT2D eigenvalue weighted by atomic mass is 10.1. The molecule has 2 heterocycles. The summed E-state index contributed by atoms with van der Waals surface area (Å²) >= 11 is 1.67. The lowest BCUT2D eigenvalue weighted by Crippen LogP contribution is -2.31. The maximum atomic E-state index is 12.4. The van der Waals surface area contributed by atoms with E-state index >= 15 is 0 Å². The van der Waals surface area contributed by atoms with Gasteiger partial charge in [-0.15, -0.1) is 11.3 Å². The Bertz CT molecular complexity index is 714. The first-order valence-corrected chi connectivity index (χ1v) is 9.05. The molecular weight excluding hydrogens is 318 g/mol. The predicted molar refractivity (Wildman–Crippen MR) is 97.5 cm³/mol. The molecule has 2 aromatic heterocycles. The number of rotatable bonds is 7. The smallest absolute Gasteiger partial charge is 0.251 e. The molecule has 0 spiro atoms. The van der Waals surface area contributed by atoms with Gasteiger partial charge >= 0.3 is 0 Å². The van der Waals surface area contributed by atoms with E-state index < -0.39 is 0 Å². The zero-order valence-electron chi connectivity index (χ0n) is 13.7. The maximum absolute atomic E-state index is 12.4. The second kappa shape index (κ2) is 7.93. The standard InChI is InChI=1S/C19H21N3OS/c1-2-5-15-7-9-16(10-8-15)19(23)20-14-17(18-6-3-13-24-18)22-12-4-11-21-22/h3-4,6-13,17H,2,5,14H2,1H3,(H,20,23). The summed E-state index contributed by atoms with van der Waals surface area (Å²) in [5, 5.41) is 9.40. The van der Waals surface area contributed by atoms with Crippen molar-refractivity contribution in [3.05, 3.63) is 76.2 Å². The zero-order chi connectivity index (χ0) is 16.8.